The van der Waals surface area contributed by atoms with Crippen LogP contribution in [-0.4, -0.2) is 85.7 Å². The van der Waals surface area contributed by atoms with E-state index < -0.39 is 0 Å². The Kier molecular flexibility index (Phi) is 8.03. The van der Waals surface area contributed by atoms with Crippen LogP contribution < -0.4 is 22.1 Å². The summed E-state index contributed by atoms with van der Waals surface area (Å²) < 4.78 is 5.47. The topological polar surface area (TPSA) is 182 Å². The smallest absolute Gasteiger partial charge is 0.270 e. The first kappa shape index (κ1) is 27.3. The lowest BCUT2D eigenvalue weighted by atomic mass is 9.97. The highest BCUT2D eigenvalue weighted by molar-refractivity contribution is 6.32. The molecule has 0 saturated carbocycles. The van der Waals surface area contributed by atoms with Gasteiger partial charge in [0.15, 0.2) is 22.5 Å². The Balaban J connectivity index is 1.23. The van der Waals surface area contributed by atoms with E-state index in [0.717, 1.165) is 32.4 Å². The number of carbonyl (C=O) groups excluding carboxylic acids is 1. The SMILES string of the molecule is CC[C@H]1CN(c2nc(N)c(-c3nnc(CN)o3)nc2Cl)CCN1C1CCN(C(=O)c2ccc(Cl)nc2N)CC1. The molecule has 0 aromatic carbocycles. The molecule has 1 amide bonds. The van der Waals surface area contributed by atoms with Gasteiger partial charge in [0, 0.05) is 44.8 Å². The average Bonchev–Trinajstić information content (AvgIpc) is 3.43. The van der Waals surface area contributed by atoms with Gasteiger partial charge < -0.3 is 31.4 Å². The number of likely N-dealkylation sites (tertiary alicyclic amines) is 1. The van der Waals surface area contributed by atoms with Crippen LogP contribution >= 0.6 is 23.2 Å². The second-order valence-electron chi connectivity index (χ2n) is 9.61. The van der Waals surface area contributed by atoms with E-state index in [-0.39, 0.29) is 57.9 Å². The lowest BCUT2D eigenvalue weighted by Crippen LogP contribution is -2.58. The highest BCUT2D eigenvalue weighted by Gasteiger charge is 2.35. The van der Waals surface area contributed by atoms with E-state index in [1.807, 2.05) is 4.90 Å². The number of halogens is 2. The predicted octanol–water partition coefficient (Wildman–Crippen LogP) is 2.06. The fourth-order valence-electron chi connectivity index (χ4n) is 5.32. The summed E-state index contributed by atoms with van der Waals surface area (Å²) in [6.45, 7) is 5.86. The minimum Gasteiger partial charge on any atom is -0.418 e. The van der Waals surface area contributed by atoms with Crippen molar-refractivity contribution in [3.05, 3.63) is 33.9 Å². The zero-order valence-electron chi connectivity index (χ0n) is 21.6. The van der Waals surface area contributed by atoms with Crippen LogP contribution in [0, 0.1) is 0 Å². The number of piperazine rings is 1. The molecule has 5 heterocycles. The number of anilines is 3. The molecule has 0 spiro atoms. The minimum absolute atomic E-state index is 0.110. The van der Waals surface area contributed by atoms with Crippen molar-refractivity contribution in [3.63, 3.8) is 0 Å². The van der Waals surface area contributed by atoms with E-state index >= 15 is 0 Å². The molecule has 2 aliphatic heterocycles. The predicted molar refractivity (Wildman–Crippen MR) is 148 cm³/mol. The van der Waals surface area contributed by atoms with Crippen molar-refractivity contribution < 1.29 is 9.21 Å². The quantitative estimate of drug-likeness (QED) is 0.364. The maximum absolute atomic E-state index is 13.0. The van der Waals surface area contributed by atoms with Gasteiger partial charge in [-0.3, -0.25) is 9.69 Å². The van der Waals surface area contributed by atoms with E-state index in [2.05, 4.69) is 41.9 Å². The van der Waals surface area contributed by atoms with Gasteiger partial charge in [0.1, 0.15) is 11.0 Å². The van der Waals surface area contributed by atoms with Crippen molar-refractivity contribution in [2.24, 2.45) is 5.73 Å². The molecular weight excluding hydrogens is 545 g/mol. The molecule has 0 bridgehead atoms. The monoisotopic (exact) mass is 575 g/mol. The maximum atomic E-state index is 13.0. The van der Waals surface area contributed by atoms with Crippen molar-refractivity contribution in [1.29, 1.82) is 0 Å². The second kappa shape index (κ2) is 11.5. The number of amides is 1. The van der Waals surface area contributed by atoms with Crippen LogP contribution in [0.1, 0.15) is 42.4 Å². The number of nitrogens with zero attached hydrogens (tertiary/aromatic N) is 8. The summed E-state index contributed by atoms with van der Waals surface area (Å²) >= 11 is 12.4. The molecular formula is C24H31Cl2N11O2. The van der Waals surface area contributed by atoms with Gasteiger partial charge in [0.25, 0.3) is 11.8 Å². The number of carbonyl (C=O) groups is 1. The Bertz CT molecular complexity index is 1350. The molecule has 0 radical (unpaired) electrons. The van der Waals surface area contributed by atoms with Gasteiger partial charge in [-0.05, 0) is 31.4 Å². The van der Waals surface area contributed by atoms with Crippen LogP contribution in [-0.2, 0) is 6.54 Å². The lowest BCUT2D eigenvalue weighted by molar-refractivity contribution is 0.0491. The largest absolute Gasteiger partial charge is 0.418 e. The van der Waals surface area contributed by atoms with E-state index in [0.29, 0.717) is 37.1 Å². The van der Waals surface area contributed by atoms with E-state index in [4.69, 9.17) is 44.8 Å². The van der Waals surface area contributed by atoms with Gasteiger partial charge in [-0.2, -0.15) is 0 Å². The van der Waals surface area contributed by atoms with E-state index in [1.54, 1.807) is 12.1 Å². The first-order valence-corrected chi connectivity index (χ1v) is 13.6. The van der Waals surface area contributed by atoms with Crippen LogP contribution in [0.15, 0.2) is 16.5 Å². The van der Waals surface area contributed by atoms with E-state index in [9.17, 15) is 4.79 Å². The van der Waals surface area contributed by atoms with Crippen LogP contribution in [0.4, 0.5) is 17.5 Å². The number of piperidine rings is 1. The molecule has 0 unspecified atom stereocenters. The van der Waals surface area contributed by atoms with Crippen molar-refractivity contribution >= 4 is 46.6 Å². The van der Waals surface area contributed by atoms with Gasteiger partial charge >= 0.3 is 0 Å². The summed E-state index contributed by atoms with van der Waals surface area (Å²) in [5.74, 6) is 1.14. The molecule has 2 aliphatic rings. The Morgan fingerprint density at radius 2 is 1.82 bits per heavy atom. The van der Waals surface area contributed by atoms with Gasteiger partial charge in [-0.15, -0.1) is 10.2 Å². The van der Waals surface area contributed by atoms with Crippen molar-refractivity contribution in [3.8, 4) is 11.6 Å². The first-order valence-electron chi connectivity index (χ1n) is 12.9. The fourth-order valence-corrected chi connectivity index (χ4v) is 5.72. The molecule has 208 valence electrons. The normalized spacial score (nSPS) is 19.0. The summed E-state index contributed by atoms with van der Waals surface area (Å²) in [5.41, 5.74) is 18.3. The molecule has 39 heavy (non-hydrogen) atoms. The molecule has 0 aliphatic carbocycles. The number of hydrogen-bond donors (Lipinski definition) is 3. The number of hydrogen-bond acceptors (Lipinski definition) is 12. The number of aromatic nitrogens is 5. The first-order chi connectivity index (χ1) is 18.8. The molecule has 2 saturated heterocycles. The van der Waals surface area contributed by atoms with Crippen LogP contribution in [0.3, 0.4) is 0 Å². The van der Waals surface area contributed by atoms with Crippen molar-refractivity contribution in [2.75, 3.05) is 49.1 Å². The maximum Gasteiger partial charge on any atom is 0.270 e. The standard InChI is InChI=1S/C24H31Cl2N11O2/c1-2-13-12-36(22-19(26)31-18(21(29)32-22)23-34-33-17(11-27)39-23)9-10-37(13)14-5-7-35(8-6-14)24(38)15-3-4-16(25)30-20(15)28/h3-4,13-14H,2,5-12,27H2,1H3,(H2,28,30)(H2,29,32)/t13-/m0/s1. The zero-order chi connectivity index (χ0) is 27.7. The van der Waals surface area contributed by atoms with Gasteiger partial charge in [-0.1, -0.05) is 30.1 Å². The molecule has 3 aromatic heterocycles. The third kappa shape index (κ3) is 5.57. The third-order valence-corrected chi connectivity index (χ3v) is 7.81. The summed E-state index contributed by atoms with van der Waals surface area (Å²) in [7, 11) is 0. The Labute approximate surface area is 235 Å². The van der Waals surface area contributed by atoms with Crippen LogP contribution in [0.2, 0.25) is 10.3 Å². The Morgan fingerprint density at radius 3 is 2.49 bits per heavy atom. The highest BCUT2D eigenvalue weighted by atomic mass is 35.5. The third-order valence-electron chi connectivity index (χ3n) is 7.35. The zero-order valence-corrected chi connectivity index (χ0v) is 23.1. The molecule has 1 atom stereocenters. The number of pyridine rings is 1. The Morgan fingerprint density at radius 1 is 1.05 bits per heavy atom. The van der Waals surface area contributed by atoms with E-state index in [1.165, 1.54) is 0 Å². The molecule has 5 rings (SSSR count). The molecule has 2 fully saturated rings. The molecule has 15 heteroatoms. The number of nitrogen functional groups attached to an aromatic ring is 2. The fraction of sp³-hybridized carbons (Fsp3) is 0.500. The minimum atomic E-state index is -0.110. The second-order valence-corrected chi connectivity index (χ2v) is 10.4. The van der Waals surface area contributed by atoms with Gasteiger partial charge in [0.2, 0.25) is 5.89 Å². The van der Waals surface area contributed by atoms with Crippen LogP contribution in [0.5, 0.6) is 0 Å². The summed E-state index contributed by atoms with van der Waals surface area (Å²) in [4.78, 5) is 32.5. The number of rotatable bonds is 6. The highest BCUT2D eigenvalue weighted by Crippen LogP contribution is 2.32. The molecule has 3 aromatic rings. The molecule has 13 nitrogen and oxygen atoms in total. The Hall–Kier alpha value is -3.26. The molecule has 6 N–H and O–H groups in total. The van der Waals surface area contributed by atoms with Crippen LogP contribution in [0.25, 0.3) is 11.6 Å². The summed E-state index contributed by atoms with van der Waals surface area (Å²) in [5, 5.41) is 8.27. The van der Waals surface area contributed by atoms with Crippen molar-refractivity contribution in [2.45, 2.75) is 44.8 Å². The summed E-state index contributed by atoms with van der Waals surface area (Å²) in [6.07, 6.45) is 2.70. The summed E-state index contributed by atoms with van der Waals surface area (Å²) in [6, 6.07) is 3.87. The van der Waals surface area contributed by atoms with Crippen molar-refractivity contribution in [1.82, 2.24) is 34.9 Å². The lowest BCUT2D eigenvalue weighted by Gasteiger charge is -2.47. The van der Waals surface area contributed by atoms with Gasteiger partial charge in [-0.25, -0.2) is 15.0 Å². The van der Waals surface area contributed by atoms with Gasteiger partial charge in [0.05, 0.1) is 12.1 Å². The average molecular weight is 576 g/mol. The number of nitrogens with two attached hydrogens (primary N) is 3.